The van der Waals surface area contributed by atoms with E-state index in [1.807, 2.05) is 6.07 Å². The first kappa shape index (κ1) is 13.7. The Kier molecular flexibility index (Phi) is 4.26. The molecule has 19 heavy (non-hydrogen) atoms. The van der Waals surface area contributed by atoms with Gasteiger partial charge in [0.25, 0.3) is 0 Å². The Bertz CT molecular complexity index is 650. The van der Waals surface area contributed by atoms with Crippen LogP contribution in [0.5, 0.6) is 0 Å². The highest BCUT2D eigenvalue weighted by Crippen LogP contribution is 2.22. The molecule has 2 nitrogen and oxygen atoms in total. The van der Waals surface area contributed by atoms with Crippen molar-refractivity contribution < 1.29 is 4.39 Å². The average Bonchev–Trinajstić information content (AvgIpc) is 2.38. The molecule has 0 amide bonds. The molecule has 1 N–H and O–H groups in total. The van der Waals surface area contributed by atoms with Crippen molar-refractivity contribution in [1.29, 1.82) is 5.26 Å². The predicted molar refractivity (Wildman–Crippen MR) is 74.9 cm³/mol. The van der Waals surface area contributed by atoms with Crippen molar-refractivity contribution in [2.75, 3.05) is 5.32 Å². The normalized spacial score (nSPS) is 10.0. The molecule has 0 aliphatic carbocycles. The number of anilines is 1. The lowest BCUT2D eigenvalue weighted by Crippen LogP contribution is -2.03. The van der Waals surface area contributed by atoms with Crippen LogP contribution in [0.25, 0.3) is 0 Å². The first-order valence-corrected chi connectivity index (χ1v) is 6.23. The monoisotopic (exact) mass is 294 g/mol. The zero-order valence-electron chi connectivity index (χ0n) is 9.75. The van der Waals surface area contributed by atoms with Crippen molar-refractivity contribution >= 4 is 28.9 Å². The summed E-state index contributed by atoms with van der Waals surface area (Å²) in [5, 5.41) is 12.8. The molecular weight excluding hydrogens is 286 g/mol. The fourth-order valence-corrected chi connectivity index (χ4v) is 1.95. The van der Waals surface area contributed by atoms with E-state index in [-0.39, 0.29) is 12.4 Å². The molecular formula is C14H9Cl2FN2. The maximum atomic E-state index is 13.6. The number of nitriles is 1. The number of hydrogen-bond donors (Lipinski definition) is 1. The summed E-state index contributed by atoms with van der Waals surface area (Å²) in [7, 11) is 0. The zero-order chi connectivity index (χ0) is 13.8. The molecule has 0 unspecified atom stereocenters. The van der Waals surface area contributed by atoms with Crippen molar-refractivity contribution in [1.82, 2.24) is 0 Å². The van der Waals surface area contributed by atoms with Crippen LogP contribution in [0.1, 0.15) is 11.1 Å². The molecule has 2 rings (SSSR count). The smallest absolute Gasteiger partial charge is 0.129 e. The van der Waals surface area contributed by atoms with Gasteiger partial charge in [-0.3, -0.25) is 0 Å². The van der Waals surface area contributed by atoms with Gasteiger partial charge in [-0.15, -0.1) is 0 Å². The maximum Gasteiger partial charge on any atom is 0.129 e. The summed E-state index contributed by atoms with van der Waals surface area (Å²) < 4.78 is 13.6. The second kappa shape index (κ2) is 5.92. The Morgan fingerprint density at radius 1 is 1.11 bits per heavy atom. The molecule has 0 fully saturated rings. The van der Waals surface area contributed by atoms with Crippen LogP contribution < -0.4 is 5.32 Å². The van der Waals surface area contributed by atoms with Crippen LogP contribution in [0.2, 0.25) is 10.0 Å². The van der Waals surface area contributed by atoms with Crippen LogP contribution in [-0.2, 0) is 6.54 Å². The van der Waals surface area contributed by atoms with E-state index in [0.29, 0.717) is 26.9 Å². The van der Waals surface area contributed by atoms with Crippen LogP contribution in [0.3, 0.4) is 0 Å². The standard InChI is InChI=1S/C14H9Cl2FN2/c15-11-4-2-10(13(17)5-11)8-19-14-6-12(16)3-1-9(14)7-18/h1-6,19H,8H2. The molecule has 2 aromatic rings. The number of halogens is 3. The lowest BCUT2D eigenvalue weighted by Gasteiger charge is -2.09. The molecule has 0 radical (unpaired) electrons. The predicted octanol–water partition coefficient (Wildman–Crippen LogP) is 4.62. The summed E-state index contributed by atoms with van der Waals surface area (Å²) in [6, 6.07) is 11.4. The Morgan fingerprint density at radius 3 is 2.47 bits per heavy atom. The molecule has 0 aromatic heterocycles. The lowest BCUT2D eigenvalue weighted by atomic mass is 10.1. The van der Waals surface area contributed by atoms with E-state index in [1.54, 1.807) is 30.3 Å². The lowest BCUT2D eigenvalue weighted by molar-refractivity contribution is 0.613. The molecule has 0 aliphatic heterocycles. The Balaban J connectivity index is 2.19. The number of nitrogens with one attached hydrogen (secondary N) is 1. The largest absolute Gasteiger partial charge is 0.380 e. The van der Waals surface area contributed by atoms with Crippen molar-refractivity contribution in [2.24, 2.45) is 0 Å². The van der Waals surface area contributed by atoms with Crippen LogP contribution in [0, 0.1) is 17.1 Å². The molecule has 0 spiro atoms. The van der Waals surface area contributed by atoms with Crippen molar-refractivity contribution in [3.63, 3.8) is 0 Å². The topological polar surface area (TPSA) is 35.8 Å². The summed E-state index contributed by atoms with van der Waals surface area (Å²) in [4.78, 5) is 0. The third-order valence-electron chi connectivity index (χ3n) is 2.59. The zero-order valence-corrected chi connectivity index (χ0v) is 11.3. The minimum Gasteiger partial charge on any atom is -0.380 e. The van der Waals surface area contributed by atoms with Crippen molar-refractivity contribution in [2.45, 2.75) is 6.54 Å². The third-order valence-corrected chi connectivity index (χ3v) is 3.06. The van der Waals surface area contributed by atoms with Crippen LogP contribution in [-0.4, -0.2) is 0 Å². The fraction of sp³-hybridized carbons (Fsp3) is 0.0714. The first-order valence-electron chi connectivity index (χ1n) is 5.47. The quantitative estimate of drug-likeness (QED) is 0.897. The van der Waals surface area contributed by atoms with E-state index < -0.39 is 0 Å². The SMILES string of the molecule is N#Cc1ccc(Cl)cc1NCc1ccc(Cl)cc1F. The molecule has 0 saturated heterocycles. The van der Waals surface area contributed by atoms with Gasteiger partial charge in [-0.1, -0.05) is 29.3 Å². The van der Waals surface area contributed by atoms with Crippen LogP contribution in [0.15, 0.2) is 36.4 Å². The summed E-state index contributed by atoms with van der Waals surface area (Å²) in [5.74, 6) is -0.388. The van der Waals surface area contributed by atoms with E-state index in [0.717, 1.165) is 0 Å². The first-order chi connectivity index (χ1) is 9.10. The van der Waals surface area contributed by atoms with E-state index in [4.69, 9.17) is 28.5 Å². The second-order valence-corrected chi connectivity index (χ2v) is 4.76. The Morgan fingerprint density at radius 2 is 1.79 bits per heavy atom. The Hall–Kier alpha value is -1.76. The van der Waals surface area contributed by atoms with Crippen molar-refractivity contribution in [3.05, 3.63) is 63.4 Å². The molecule has 96 valence electrons. The average molecular weight is 295 g/mol. The van der Waals surface area contributed by atoms with Crippen LogP contribution in [0.4, 0.5) is 10.1 Å². The molecule has 0 saturated carbocycles. The Labute approximate surface area is 120 Å². The van der Waals surface area contributed by atoms with Crippen LogP contribution >= 0.6 is 23.2 Å². The molecule has 0 aliphatic rings. The van der Waals surface area contributed by atoms with Gasteiger partial charge in [0.1, 0.15) is 11.9 Å². The van der Waals surface area contributed by atoms with Gasteiger partial charge in [-0.05, 0) is 30.3 Å². The number of nitrogens with zero attached hydrogens (tertiary/aromatic N) is 1. The second-order valence-electron chi connectivity index (χ2n) is 3.89. The summed E-state index contributed by atoms with van der Waals surface area (Å²) >= 11 is 11.5. The van der Waals surface area contributed by atoms with E-state index in [9.17, 15) is 4.39 Å². The molecule has 0 atom stereocenters. The fourth-order valence-electron chi connectivity index (χ4n) is 1.62. The minimum atomic E-state index is -0.388. The molecule has 0 bridgehead atoms. The van der Waals surface area contributed by atoms with Gasteiger partial charge in [0.2, 0.25) is 0 Å². The summed E-state index contributed by atoms with van der Waals surface area (Å²) in [5.41, 5.74) is 1.50. The minimum absolute atomic E-state index is 0.248. The summed E-state index contributed by atoms with van der Waals surface area (Å²) in [6.07, 6.45) is 0. The molecule has 0 heterocycles. The van der Waals surface area contributed by atoms with Crippen molar-refractivity contribution in [3.8, 4) is 6.07 Å². The van der Waals surface area contributed by atoms with Gasteiger partial charge >= 0.3 is 0 Å². The highest BCUT2D eigenvalue weighted by molar-refractivity contribution is 6.31. The van der Waals surface area contributed by atoms with Gasteiger partial charge in [0.05, 0.1) is 11.3 Å². The van der Waals surface area contributed by atoms with Gasteiger partial charge in [-0.2, -0.15) is 5.26 Å². The maximum absolute atomic E-state index is 13.6. The van der Waals surface area contributed by atoms with Gasteiger partial charge in [0.15, 0.2) is 0 Å². The number of benzene rings is 2. The highest BCUT2D eigenvalue weighted by atomic mass is 35.5. The highest BCUT2D eigenvalue weighted by Gasteiger charge is 2.06. The third kappa shape index (κ3) is 3.37. The molecule has 2 aromatic carbocycles. The number of rotatable bonds is 3. The number of hydrogen-bond acceptors (Lipinski definition) is 2. The van der Waals surface area contributed by atoms with Gasteiger partial charge in [-0.25, -0.2) is 4.39 Å². The van der Waals surface area contributed by atoms with E-state index in [2.05, 4.69) is 5.32 Å². The molecule has 5 heteroatoms. The van der Waals surface area contributed by atoms with E-state index >= 15 is 0 Å². The summed E-state index contributed by atoms with van der Waals surface area (Å²) in [6.45, 7) is 0.248. The van der Waals surface area contributed by atoms with Gasteiger partial charge in [0, 0.05) is 22.2 Å². The van der Waals surface area contributed by atoms with Gasteiger partial charge < -0.3 is 5.32 Å². The van der Waals surface area contributed by atoms with E-state index in [1.165, 1.54) is 6.07 Å².